The number of amides is 2. The highest BCUT2D eigenvalue weighted by molar-refractivity contribution is 6.20. The molecule has 34 heavy (non-hydrogen) atoms. The fourth-order valence-electron chi connectivity index (χ4n) is 3.42. The Morgan fingerprint density at radius 1 is 1.00 bits per heavy atom. The van der Waals surface area contributed by atoms with Gasteiger partial charge < -0.3 is 15.4 Å². The predicted octanol–water partition coefficient (Wildman–Crippen LogP) is 3.58. The number of hydrogen-bond donors (Lipinski definition) is 2. The summed E-state index contributed by atoms with van der Waals surface area (Å²) in [5, 5.41) is 15.2. The van der Waals surface area contributed by atoms with E-state index in [2.05, 4.69) is 15.6 Å². The van der Waals surface area contributed by atoms with Crippen LogP contribution in [0, 0.1) is 17.1 Å². The Balaban J connectivity index is 1.59. The first-order valence-electron chi connectivity index (χ1n) is 10.3. The molecule has 1 aliphatic heterocycles. The Labute approximate surface area is 195 Å². The summed E-state index contributed by atoms with van der Waals surface area (Å²) >= 11 is 0. The van der Waals surface area contributed by atoms with E-state index in [1.807, 2.05) is 18.2 Å². The molecule has 0 radical (unpaired) electrons. The molecular weight excluding hydrogens is 435 g/mol. The van der Waals surface area contributed by atoms with Crippen molar-refractivity contribution in [1.29, 1.82) is 5.26 Å². The van der Waals surface area contributed by atoms with Gasteiger partial charge in [-0.3, -0.25) is 9.59 Å². The monoisotopic (exact) mass is 454 g/mol. The fraction of sp³-hybridized carbons (Fsp3) is 0.0769. The van der Waals surface area contributed by atoms with Crippen LogP contribution in [0.15, 0.2) is 83.4 Å². The first kappa shape index (κ1) is 22.4. The number of halogens is 1. The highest BCUT2D eigenvalue weighted by Crippen LogP contribution is 2.30. The summed E-state index contributed by atoms with van der Waals surface area (Å²) < 4.78 is 18.3. The minimum atomic E-state index is -0.585. The normalized spacial score (nSPS) is 13.3. The molecule has 0 unspecified atom stereocenters. The van der Waals surface area contributed by atoms with E-state index in [0.717, 1.165) is 5.56 Å². The van der Waals surface area contributed by atoms with Crippen LogP contribution in [0.1, 0.15) is 27.0 Å². The van der Waals surface area contributed by atoms with Gasteiger partial charge in [-0.05, 0) is 42.0 Å². The van der Waals surface area contributed by atoms with Crippen LogP contribution in [-0.4, -0.2) is 24.8 Å². The largest absolute Gasteiger partial charge is 0.497 e. The number of carbonyl (C=O) groups excluding carboxylic acids is 2. The van der Waals surface area contributed by atoms with Crippen molar-refractivity contribution < 1.29 is 18.7 Å². The number of hydrogen-bond acceptors (Lipinski definition) is 5. The molecule has 1 aliphatic rings. The van der Waals surface area contributed by atoms with Crippen LogP contribution in [-0.2, 0) is 11.3 Å². The molecular formula is C26H19FN4O3. The molecule has 0 spiro atoms. The number of nitriles is 1. The van der Waals surface area contributed by atoms with E-state index < -0.39 is 17.6 Å². The minimum absolute atomic E-state index is 0.166. The molecule has 2 amide bonds. The Bertz CT molecular complexity index is 1350. The van der Waals surface area contributed by atoms with Crippen molar-refractivity contribution in [3.63, 3.8) is 0 Å². The number of rotatable bonds is 5. The zero-order valence-corrected chi connectivity index (χ0v) is 18.1. The first-order valence-corrected chi connectivity index (χ1v) is 10.3. The molecule has 1 heterocycles. The van der Waals surface area contributed by atoms with Gasteiger partial charge in [-0.15, -0.1) is 0 Å². The number of carbonyl (C=O) groups is 2. The second-order valence-electron chi connectivity index (χ2n) is 7.33. The second kappa shape index (κ2) is 9.79. The van der Waals surface area contributed by atoms with Crippen molar-refractivity contribution in [1.82, 2.24) is 10.6 Å². The topological polar surface area (TPSA) is 104 Å². The van der Waals surface area contributed by atoms with Gasteiger partial charge in [-0.2, -0.15) is 5.26 Å². The summed E-state index contributed by atoms with van der Waals surface area (Å²) in [7, 11) is 1.57. The van der Waals surface area contributed by atoms with E-state index in [1.165, 1.54) is 24.3 Å². The van der Waals surface area contributed by atoms with Gasteiger partial charge in [0, 0.05) is 23.2 Å². The molecule has 2 N–H and O–H groups in total. The third-order valence-corrected chi connectivity index (χ3v) is 5.19. The summed E-state index contributed by atoms with van der Waals surface area (Å²) in [6.07, 6.45) is 0. The van der Waals surface area contributed by atoms with Crippen LogP contribution in [0.4, 0.5) is 4.39 Å². The van der Waals surface area contributed by atoms with Gasteiger partial charge in [-0.1, -0.05) is 36.4 Å². The number of aliphatic imine (C=N–C) groups is 1. The van der Waals surface area contributed by atoms with Crippen LogP contribution in [0.25, 0.3) is 5.70 Å². The van der Waals surface area contributed by atoms with E-state index in [-0.39, 0.29) is 29.2 Å². The van der Waals surface area contributed by atoms with E-state index in [1.54, 1.807) is 43.5 Å². The van der Waals surface area contributed by atoms with E-state index in [0.29, 0.717) is 16.9 Å². The molecule has 4 rings (SSSR count). The lowest BCUT2D eigenvalue weighted by atomic mass is 10.0. The predicted molar refractivity (Wildman–Crippen MR) is 124 cm³/mol. The molecule has 7 nitrogen and oxygen atoms in total. The number of fused-ring (bicyclic) bond motifs is 1. The quantitative estimate of drug-likeness (QED) is 0.454. The van der Waals surface area contributed by atoms with Crippen LogP contribution in [0.5, 0.6) is 5.75 Å². The van der Waals surface area contributed by atoms with Gasteiger partial charge in [0.2, 0.25) is 0 Å². The zero-order chi connectivity index (χ0) is 24.1. The number of ether oxygens (including phenoxy) is 1. The van der Waals surface area contributed by atoms with E-state index >= 15 is 0 Å². The molecule has 8 heteroatoms. The highest BCUT2D eigenvalue weighted by Gasteiger charge is 2.27. The average molecular weight is 454 g/mol. The third kappa shape index (κ3) is 4.69. The Morgan fingerprint density at radius 3 is 2.32 bits per heavy atom. The summed E-state index contributed by atoms with van der Waals surface area (Å²) in [6.45, 7) is 0.209. The Morgan fingerprint density at radius 2 is 1.68 bits per heavy atom. The lowest BCUT2D eigenvalue weighted by Crippen LogP contribution is -2.30. The Hall–Kier alpha value is -4.77. The summed E-state index contributed by atoms with van der Waals surface area (Å²) in [4.78, 5) is 29.9. The number of amidine groups is 1. The van der Waals surface area contributed by atoms with Gasteiger partial charge in [0.15, 0.2) is 0 Å². The fourth-order valence-corrected chi connectivity index (χ4v) is 3.42. The first-order chi connectivity index (χ1) is 16.5. The molecule has 0 saturated carbocycles. The van der Waals surface area contributed by atoms with Gasteiger partial charge >= 0.3 is 0 Å². The van der Waals surface area contributed by atoms with Crippen molar-refractivity contribution >= 4 is 23.3 Å². The van der Waals surface area contributed by atoms with Crippen molar-refractivity contribution in [3.05, 3.63) is 106 Å². The van der Waals surface area contributed by atoms with Crippen LogP contribution in [0.2, 0.25) is 0 Å². The number of methoxy groups -OCH3 is 1. The van der Waals surface area contributed by atoms with E-state index in [4.69, 9.17) is 4.74 Å². The number of nitrogens with zero attached hydrogens (tertiary/aromatic N) is 2. The average Bonchev–Trinajstić information content (AvgIpc) is 3.22. The summed E-state index contributed by atoms with van der Waals surface area (Å²) in [5.41, 5.74) is 2.19. The molecule has 3 aromatic carbocycles. The van der Waals surface area contributed by atoms with Crippen LogP contribution in [0.3, 0.4) is 0 Å². The smallest absolute Gasteiger partial charge is 0.264 e. The lowest BCUT2D eigenvalue weighted by molar-refractivity contribution is -0.117. The molecule has 0 bridgehead atoms. The van der Waals surface area contributed by atoms with Gasteiger partial charge in [-0.25, -0.2) is 9.38 Å². The van der Waals surface area contributed by atoms with Crippen molar-refractivity contribution in [2.24, 2.45) is 4.99 Å². The maximum Gasteiger partial charge on any atom is 0.264 e. The molecule has 0 aliphatic carbocycles. The maximum atomic E-state index is 13.2. The second-order valence-corrected chi connectivity index (χ2v) is 7.33. The standard InChI is InChI=1S/C26H19FN4O3/c1-34-19-12-6-16(7-13-19)15-29-26(33)22(14-28)23-20-4-2-3-5-21(20)24(30-23)31-25(32)17-8-10-18(27)11-9-17/h2-13H,15H2,1H3,(H,29,33)(H,30,31,32)/b23-22+. The van der Waals surface area contributed by atoms with Crippen molar-refractivity contribution in [2.45, 2.75) is 6.54 Å². The van der Waals surface area contributed by atoms with E-state index in [9.17, 15) is 19.2 Å². The van der Waals surface area contributed by atoms with Gasteiger partial charge in [0.05, 0.1) is 12.8 Å². The highest BCUT2D eigenvalue weighted by atomic mass is 19.1. The number of benzene rings is 3. The Kier molecular flexibility index (Phi) is 6.46. The molecule has 168 valence electrons. The molecule has 0 aromatic heterocycles. The molecule has 3 aromatic rings. The molecule has 0 fully saturated rings. The lowest BCUT2D eigenvalue weighted by Gasteiger charge is -2.07. The van der Waals surface area contributed by atoms with Crippen molar-refractivity contribution in [3.8, 4) is 11.8 Å². The van der Waals surface area contributed by atoms with Gasteiger partial charge in [0.1, 0.15) is 29.0 Å². The molecule has 0 atom stereocenters. The van der Waals surface area contributed by atoms with Gasteiger partial charge in [0.25, 0.3) is 11.8 Å². The summed E-state index contributed by atoms with van der Waals surface area (Å²) in [6, 6.07) is 21.2. The minimum Gasteiger partial charge on any atom is -0.497 e. The number of nitrogens with one attached hydrogen (secondary N) is 2. The molecule has 0 saturated heterocycles. The zero-order valence-electron chi connectivity index (χ0n) is 18.1. The van der Waals surface area contributed by atoms with Crippen LogP contribution < -0.4 is 15.4 Å². The summed E-state index contributed by atoms with van der Waals surface area (Å²) in [5.74, 6) is -0.627. The van der Waals surface area contributed by atoms with Crippen molar-refractivity contribution in [2.75, 3.05) is 7.11 Å². The third-order valence-electron chi connectivity index (χ3n) is 5.19. The SMILES string of the molecule is COc1ccc(CNC(=O)/C(C#N)=C2/N=C(NC(=O)c3ccc(F)cc3)c3ccccc32)cc1. The van der Waals surface area contributed by atoms with Crippen LogP contribution >= 0.6 is 0 Å². The maximum absolute atomic E-state index is 13.2.